The Balaban J connectivity index is 1.07. The maximum Gasteiger partial charge on any atom is 0.391 e. The lowest BCUT2D eigenvalue weighted by Crippen LogP contribution is -2.42. The molecule has 226 valence electrons. The molecule has 1 aliphatic carbocycles. The number of carbonyl (C=O) groups is 1. The van der Waals surface area contributed by atoms with Gasteiger partial charge in [0.05, 0.1) is 23.2 Å². The van der Waals surface area contributed by atoms with Gasteiger partial charge in [-0.15, -0.1) is 0 Å². The number of hydrogen-bond donors (Lipinski definition) is 3. The number of alkyl halides is 3. The number of nitrogens with one attached hydrogen (secondary N) is 2. The highest BCUT2D eigenvalue weighted by atomic mass is 35.5. The minimum atomic E-state index is -4.16. The third kappa shape index (κ3) is 7.73. The Bertz CT molecular complexity index is 1350. The molecule has 1 amide bonds. The fourth-order valence-corrected chi connectivity index (χ4v) is 5.81. The summed E-state index contributed by atoms with van der Waals surface area (Å²) in [5, 5.41) is 17.1. The van der Waals surface area contributed by atoms with Crippen molar-refractivity contribution in [2.45, 2.75) is 63.6 Å². The monoisotopic (exact) mass is 607 g/mol. The van der Waals surface area contributed by atoms with Gasteiger partial charge in [-0.05, 0) is 61.4 Å². The number of oxazole rings is 1. The number of carbonyl (C=O) groups excluding carboxylic acids is 1. The molecule has 0 unspecified atom stereocenters. The Morgan fingerprint density at radius 2 is 2.05 bits per heavy atom. The van der Waals surface area contributed by atoms with Crippen molar-refractivity contribution >= 4 is 23.3 Å². The maximum atomic E-state index is 12.9. The van der Waals surface area contributed by atoms with E-state index in [1.54, 1.807) is 18.3 Å². The van der Waals surface area contributed by atoms with Crippen LogP contribution in [-0.4, -0.2) is 63.8 Å². The van der Waals surface area contributed by atoms with Crippen LogP contribution in [-0.2, 0) is 19.6 Å². The molecule has 13 heteroatoms. The number of halogens is 4. The minimum Gasteiger partial charge on any atom is -0.484 e. The van der Waals surface area contributed by atoms with Gasteiger partial charge in [0.15, 0.2) is 12.2 Å². The van der Waals surface area contributed by atoms with Crippen LogP contribution in [0.2, 0.25) is 5.02 Å². The summed E-state index contributed by atoms with van der Waals surface area (Å²) in [5.41, 5.74) is 2.42. The highest BCUT2D eigenvalue weighted by molar-refractivity contribution is 6.33. The Labute approximate surface area is 246 Å². The van der Waals surface area contributed by atoms with E-state index in [1.807, 2.05) is 12.1 Å². The number of ether oxygens (including phenoxy) is 1. The van der Waals surface area contributed by atoms with Gasteiger partial charge in [-0.2, -0.15) is 13.2 Å². The first kappa shape index (κ1) is 30.1. The van der Waals surface area contributed by atoms with Crippen molar-refractivity contribution in [2.24, 2.45) is 5.92 Å². The van der Waals surface area contributed by atoms with Crippen molar-refractivity contribution in [1.82, 2.24) is 20.2 Å². The molecule has 1 atom stereocenters. The van der Waals surface area contributed by atoms with Crippen LogP contribution < -0.4 is 15.4 Å². The third-order valence-electron chi connectivity index (χ3n) is 7.76. The van der Waals surface area contributed by atoms with Gasteiger partial charge >= 0.3 is 6.18 Å². The summed E-state index contributed by atoms with van der Waals surface area (Å²) >= 11 is 6.61. The Hall–Kier alpha value is -3.35. The minimum absolute atomic E-state index is 0.0594. The molecule has 1 aliphatic heterocycles. The number of rotatable bonds is 10. The lowest BCUT2D eigenvalue weighted by atomic mass is 9.85. The van der Waals surface area contributed by atoms with Gasteiger partial charge in [0.25, 0.3) is 5.91 Å². The van der Waals surface area contributed by atoms with Crippen molar-refractivity contribution in [3.05, 3.63) is 70.5 Å². The maximum absolute atomic E-state index is 12.9. The molecule has 0 spiro atoms. The number of hydrogen-bond acceptors (Lipinski definition) is 8. The number of pyridine rings is 1. The van der Waals surface area contributed by atoms with Crippen molar-refractivity contribution in [3.8, 4) is 5.75 Å². The Kier molecular flexibility index (Phi) is 9.54. The number of aromatic nitrogens is 2. The molecule has 0 radical (unpaired) electrons. The van der Waals surface area contributed by atoms with E-state index in [1.165, 1.54) is 12.6 Å². The molecule has 0 saturated heterocycles. The zero-order chi connectivity index (χ0) is 29.7. The van der Waals surface area contributed by atoms with Crippen LogP contribution in [0.1, 0.15) is 52.9 Å². The lowest BCUT2D eigenvalue weighted by molar-refractivity contribution is -0.182. The summed E-state index contributed by atoms with van der Waals surface area (Å²) in [6.45, 7) is 1.95. The summed E-state index contributed by atoms with van der Waals surface area (Å²) in [4.78, 5) is 22.9. The van der Waals surface area contributed by atoms with Crippen LogP contribution in [0.5, 0.6) is 5.75 Å². The number of nitrogens with zero attached hydrogens (tertiary/aromatic N) is 3. The van der Waals surface area contributed by atoms with Crippen LogP contribution >= 0.6 is 11.6 Å². The van der Waals surface area contributed by atoms with Crippen molar-refractivity contribution in [3.63, 3.8) is 0 Å². The molecule has 42 heavy (non-hydrogen) atoms. The van der Waals surface area contributed by atoms with E-state index in [0.29, 0.717) is 66.8 Å². The molecule has 1 fully saturated rings. The number of aliphatic hydroxyl groups is 1. The van der Waals surface area contributed by atoms with E-state index in [0.717, 1.165) is 11.1 Å². The first-order chi connectivity index (χ1) is 20.2. The Morgan fingerprint density at radius 3 is 2.79 bits per heavy atom. The quantitative estimate of drug-likeness (QED) is 0.296. The average molecular weight is 608 g/mol. The van der Waals surface area contributed by atoms with Gasteiger partial charge in [0.2, 0.25) is 0 Å². The fourth-order valence-electron chi connectivity index (χ4n) is 5.48. The number of aliphatic hydroxyl groups excluding tert-OH is 1. The van der Waals surface area contributed by atoms with Crippen molar-refractivity contribution in [2.75, 3.05) is 25.0 Å². The molecule has 2 aromatic heterocycles. The fraction of sp³-hybridized carbons (Fsp3) is 0.483. The standard InChI is InChI=1S/C29H33ClF3N5O4/c30-27-24-8-10-38(14-19(24)1-6-25(27)41-16-23-13-34-17-42-23)15-22(39)12-36-28(40)18-7-9-35-26(11-18)37-21-4-2-20(3-5-21)29(31,32)33/h1,6-7,9,11,13,17,20-22,39H,2-5,8,10,12,14-16H2,(H,35,37)(H,36,40)/t20-,21-,22-/m0/s1. The van der Waals surface area contributed by atoms with Crippen LogP contribution in [0.15, 0.2) is 47.5 Å². The average Bonchev–Trinajstić information content (AvgIpc) is 3.49. The van der Waals surface area contributed by atoms with Gasteiger partial charge in [-0.3, -0.25) is 9.69 Å². The molecule has 5 rings (SSSR count). The van der Waals surface area contributed by atoms with Crippen molar-refractivity contribution in [1.29, 1.82) is 0 Å². The molecule has 3 N–H and O–H groups in total. The second kappa shape index (κ2) is 13.3. The largest absolute Gasteiger partial charge is 0.484 e. The number of β-amino-alcohol motifs (C(OH)–C–C–N with tert-alkyl or cyclic N) is 1. The zero-order valence-corrected chi connectivity index (χ0v) is 23.6. The van der Waals surface area contributed by atoms with Gasteiger partial charge < -0.3 is 24.9 Å². The second-order valence-electron chi connectivity index (χ2n) is 10.8. The second-order valence-corrected chi connectivity index (χ2v) is 11.2. The Morgan fingerprint density at radius 1 is 1.24 bits per heavy atom. The third-order valence-corrected chi connectivity index (χ3v) is 8.18. The number of amides is 1. The molecular formula is C29H33ClF3N5O4. The normalized spacial score (nSPS) is 20.0. The molecule has 0 bridgehead atoms. The summed E-state index contributed by atoms with van der Waals surface area (Å²) in [6.07, 6.45) is 1.09. The van der Waals surface area contributed by atoms with Gasteiger partial charge in [0, 0.05) is 44.0 Å². The van der Waals surface area contributed by atoms with E-state index in [9.17, 15) is 23.1 Å². The molecule has 1 aromatic carbocycles. The first-order valence-corrected chi connectivity index (χ1v) is 14.3. The van der Waals surface area contributed by atoms with E-state index in [-0.39, 0.29) is 37.9 Å². The summed E-state index contributed by atoms with van der Waals surface area (Å²) < 4.78 is 49.8. The molecular weight excluding hydrogens is 575 g/mol. The summed E-state index contributed by atoms with van der Waals surface area (Å²) in [6, 6.07) is 6.80. The van der Waals surface area contributed by atoms with Crippen LogP contribution in [0, 0.1) is 5.92 Å². The number of anilines is 1. The molecule has 3 aromatic rings. The summed E-state index contributed by atoms with van der Waals surface area (Å²) in [5.74, 6) is -0.00783. The summed E-state index contributed by atoms with van der Waals surface area (Å²) in [7, 11) is 0. The molecule has 1 saturated carbocycles. The zero-order valence-electron chi connectivity index (χ0n) is 22.9. The van der Waals surface area contributed by atoms with E-state index in [2.05, 4.69) is 25.5 Å². The SMILES string of the molecule is O=C(NC[C@H](O)CN1CCc2c(ccc(OCc3cnco3)c2Cl)C1)c1ccnc(N[C@H]2CC[C@H](C(F)(F)F)CC2)c1. The van der Waals surface area contributed by atoms with Gasteiger partial charge in [0.1, 0.15) is 18.2 Å². The number of benzene rings is 1. The topological polar surface area (TPSA) is 113 Å². The highest BCUT2D eigenvalue weighted by Gasteiger charge is 2.41. The van der Waals surface area contributed by atoms with E-state index >= 15 is 0 Å². The molecule has 2 aliphatic rings. The predicted molar refractivity (Wildman–Crippen MR) is 149 cm³/mol. The van der Waals surface area contributed by atoms with Gasteiger partial charge in [-0.25, -0.2) is 9.97 Å². The highest BCUT2D eigenvalue weighted by Crippen LogP contribution is 2.38. The first-order valence-electron chi connectivity index (χ1n) is 13.9. The van der Waals surface area contributed by atoms with Crippen molar-refractivity contribution < 1.29 is 32.2 Å². The molecule has 3 heterocycles. The van der Waals surface area contributed by atoms with Crippen LogP contribution in [0.4, 0.5) is 19.0 Å². The smallest absolute Gasteiger partial charge is 0.391 e. The van der Waals surface area contributed by atoms with E-state index < -0.39 is 18.2 Å². The predicted octanol–water partition coefficient (Wildman–Crippen LogP) is 4.98. The lowest BCUT2D eigenvalue weighted by Gasteiger charge is -2.31. The van der Waals surface area contributed by atoms with E-state index in [4.69, 9.17) is 20.8 Å². The number of fused-ring (bicyclic) bond motifs is 1. The van der Waals surface area contributed by atoms with Gasteiger partial charge in [-0.1, -0.05) is 17.7 Å². The van der Waals surface area contributed by atoms with Crippen LogP contribution in [0.3, 0.4) is 0 Å². The van der Waals surface area contributed by atoms with Crippen LogP contribution in [0.25, 0.3) is 0 Å². The molecule has 9 nitrogen and oxygen atoms in total.